The lowest BCUT2D eigenvalue weighted by molar-refractivity contribution is 0.0939. The predicted octanol–water partition coefficient (Wildman–Crippen LogP) is 2.19. The van der Waals surface area contributed by atoms with Crippen molar-refractivity contribution in [3.8, 4) is 0 Å². The number of fused-ring (bicyclic) bond motifs is 1. The van der Waals surface area contributed by atoms with Gasteiger partial charge in [0.2, 0.25) is 5.82 Å². The molecule has 0 radical (unpaired) electrons. The number of nitrogens with zero attached hydrogens (tertiary/aromatic N) is 3. The Hall–Kier alpha value is -3.22. The smallest absolute Gasteiger partial charge is 0.287 e. The fraction of sp³-hybridized carbons (Fsp3) is 0.263. The Kier molecular flexibility index (Phi) is 5.58. The molecule has 3 aromatic rings. The van der Waals surface area contributed by atoms with Gasteiger partial charge in [0, 0.05) is 31.7 Å². The molecule has 134 valence electrons. The third kappa shape index (κ3) is 3.88. The van der Waals surface area contributed by atoms with E-state index in [4.69, 9.17) is 0 Å². The largest absolute Gasteiger partial charge is 0.351 e. The molecule has 0 aliphatic heterocycles. The van der Waals surface area contributed by atoms with Crippen LogP contribution in [-0.4, -0.2) is 32.7 Å². The van der Waals surface area contributed by atoms with Gasteiger partial charge in [0.25, 0.3) is 11.8 Å². The molecule has 2 N–H and O–H groups in total. The summed E-state index contributed by atoms with van der Waals surface area (Å²) in [6.45, 7) is 2.99. The molecule has 26 heavy (non-hydrogen) atoms. The van der Waals surface area contributed by atoms with Crippen LogP contribution in [0.4, 0.5) is 0 Å². The molecule has 7 heteroatoms. The summed E-state index contributed by atoms with van der Waals surface area (Å²) in [5.41, 5.74) is 1.75. The van der Waals surface area contributed by atoms with Crippen LogP contribution in [0, 0.1) is 0 Å². The molecule has 0 fully saturated rings. The number of aromatic nitrogens is 3. The maximum atomic E-state index is 12.6. The lowest BCUT2D eigenvalue weighted by Crippen LogP contribution is -2.26. The van der Waals surface area contributed by atoms with Crippen LogP contribution >= 0.6 is 0 Å². The average molecular weight is 351 g/mol. The van der Waals surface area contributed by atoms with Crippen molar-refractivity contribution >= 4 is 17.3 Å². The molecule has 0 unspecified atom stereocenters. The number of nitrogens with one attached hydrogen (secondary N) is 2. The summed E-state index contributed by atoms with van der Waals surface area (Å²) in [5, 5.41) is 5.67. The zero-order valence-corrected chi connectivity index (χ0v) is 14.6. The van der Waals surface area contributed by atoms with Gasteiger partial charge in [0.1, 0.15) is 0 Å². The van der Waals surface area contributed by atoms with Crippen molar-refractivity contribution in [3.05, 3.63) is 66.0 Å². The van der Waals surface area contributed by atoms with Crippen LogP contribution in [0.25, 0.3) is 5.52 Å². The molecule has 0 saturated heterocycles. The van der Waals surface area contributed by atoms with E-state index in [0.717, 1.165) is 18.4 Å². The van der Waals surface area contributed by atoms with E-state index in [-0.39, 0.29) is 23.3 Å². The summed E-state index contributed by atoms with van der Waals surface area (Å²) in [6.07, 6.45) is 6.99. The Morgan fingerprint density at radius 3 is 2.77 bits per heavy atom. The second-order valence-corrected chi connectivity index (χ2v) is 5.89. The highest BCUT2D eigenvalue weighted by molar-refractivity contribution is 6.02. The maximum Gasteiger partial charge on any atom is 0.287 e. The van der Waals surface area contributed by atoms with Crippen molar-refractivity contribution in [2.24, 2.45) is 0 Å². The fourth-order valence-corrected chi connectivity index (χ4v) is 2.59. The van der Waals surface area contributed by atoms with Crippen LogP contribution in [0.3, 0.4) is 0 Å². The number of imidazole rings is 1. The van der Waals surface area contributed by atoms with Gasteiger partial charge in [-0.2, -0.15) is 0 Å². The molecular formula is C19H21N5O2. The minimum absolute atomic E-state index is 0.185. The van der Waals surface area contributed by atoms with Crippen LogP contribution in [-0.2, 0) is 6.54 Å². The summed E-state index contributed by atoms with van der Waals surface area (Å²) in [6, 6.07) is 9.08. The van der Waals surface area contributed by atoms with E-state index in [1.807, 2.05) is 18.2 Å². The zero-order chi connectivity index (χ0) is 18.4. The topological polar surface area (TPSA) is 88.4 Å². The van der Waals surface area contributed by atoms with Gasteiger partial charge in [-0.3, -0.25) is 19.0 Å². The predicted molar refractivity (Wildman–Crippen MR) is 97.8 cm³/mol. The monoisotopic (exact) mass is 351 g/mol. The fourth-order valence-electron chi connectivity index (χ4n) is 2.59. The molecule has 0 saturated carbocycles. The maximum absolute atomic E-state index is 12.6. The lowest BCUT2D eigenvalue weighted by Gasteiger charge is -2.04. The average Bonchev–Trinajstić information content (AvgIpc) is 3.07. The number of amides is 2. The van der Waals surface area contributed by atoms with E-state index in [2.05, 4.69) is 27.5 Å². The molecule has 2 amide bonds. The Bertz CT molecular complexity index is 905. The third-order valence-corrected chi connectivity index (χ3v) is 3.96. The van der Waals surface area contributed by atoms with Crippen LogP contribution in [0.1, 0.15) is 46.4 Å². The summed E-state index contributed by atoms with van der Waals surface area (Å²) in [4.78, 5) is 33.3. The molecule has 3 rings (SSSR count). The second-order valence-electron chi connectivity index (χ2n) is 5.89. The van der Waals surface area contributed by atoms with Gasteiger partial charge in [-0.1, -0.05) is 25.5 Å². The minimum atomic E-state index is -0.345. The minimum Gasteiger partial charge on any atom is -0.351 e. The van der Waals surface area contributed by atoms with Crippen LogP contribution < -0.4 is 10.6 Å². The van der Waals surface area contributed by atoms with Gasteiger partial charge in [0.05, 0.1) is 5.52 Å². The summed E-state index contributed by atoms with van der Waals surface area (Å²) in [7, 11) is 0. The quantitative estimate of drug-likeness (QED) is 0.639. The molecule has 3 aromatic heterocycles. The number of pyridine rings is 2. The summed E-state index contributed by atoms with van der Waals surface area (Å²) in [5.74, 6) is -0.429. The number of hydrogen-bond acceptors (Lipinski definition) is 4. The molecule has 0 aliphatic carbocycles. The molecule has 0 atom stereocenters. The third-order valence-electron chi connectivity index (χ3n) is 3.96. The van der Waals surface area contributed by atoms with Gasteiger partial charge < -0.3 is 10.6 Å². The van der Waals surface area contributed by atoms with E-state index < -0.39 is 0 Å². The van der Waals surface area contributed by atoms with E-state index >= 15 is 0 Å². The van der Waals surface area contributed by atoms with Crippen LogP contribution in [0.5, 0.6) is 0 Å². The Morgan fingerprint density at radius 2 is 2.00 bits per heavy atom. The molecule has 0 aliphatic rings. The van der Waals surface area contributed by atoms with E-state index in [1.54, 1.807) is 35.1 Å². The van der Waals surface area contributed by atoms with Gasteiger partial charge in [-0.15, -0.1) is 0 Å². The van der Waals surface area contributed by atoms with Crippen molar-refractivity contribution < 1.29 is 9.59 Å². The zero-order valence-electron chi connectivity index (χ0n) is 14.6. The first-order valence-electron chi connectivity index (χ1n) is 8.63. The molecular weight excluding hydrogens is 330 g/mol. The number of rotatable bonds is 7. The summed E-state index contributed by atoms with van der Waals surface area (Å²) < 4.78 is 1.63. The second kappa shape index (κ2) is 8.24. The highest BCUT2D eigenvalue weighted by atomic mass is 16.2. The van der Waals surface area contributed by atoms with Crippen molar-refractivity contribution in [3.63, 3.8) is 0 Å². The van der Waals surface area contributed by atoms with Crippen molar-refractivity contribution in [1.29, 1.82) is 0 Å². The Balaban J connectivity index is 1.81. The van der Waals surface area contributed by atoms with Crippen molar-refractivity contribution in [2.45, 2.75) is 26.3 Å². The normalized spacial score (nSPS) is 10.7. The van der Waals surface area contributed by atoms with E-state index in [9.17, 15) is 9.59 Å². The lowest BCUT2D eigenvalue weighted by atomic mass is 10.3. The number of carbonyl (C=O) groups is 2. The van der Waals surface area contributed by atoms with Crippen LogP contribution in [0.2, 0.25) is 0 Å². The van der Waals surface area contributed by atoms with Gasteiger partial charge in [0.15, 0.2) is 5.69 Å². The van der Waals surface area contributed by atoms with Gasteiger partial charge in [-0.25, -0.2) is 4.98 Å². The Morgan fingerprint density at radius 1 is 1.12 bits per heavy atom. The molecule has 0 spiro atoms. The Labute approximate surface area is 151 Å². The van der Waals surface area contributed by atoms with Gasteiger partial charge >= 0.3 is 0 Å². The first-order chi connectivity index (χ1) is 12.7. The highest BCUT2D eigenvalue weighted by Gasteiger charge is 2.21. The first-order valence-corrected chi connectivity index (χ1v) is 8.63. The SMILES string of the molecule is CCCCNC(=O)c1nc(C(=O)NCc2cccnc2)n2ccccc12. The molecule has 0 bridgehead atoms. The first kappa shape index (κ1) is 17.6. The molecule has 0 aromatic carbocycles. The van der Waals surface area contributed by atoms with E-state index in [0.29, 0.717) is 18.6 Å². The van der Waals surface area contributed by atoms with Crippen molar-refractivity contribution in [2.75, 3.05) is 6.54 Å². The molecule has 3 heterocycles. The number of hydrogen-bond donors (Lipinski definition) is 2. The molecule has 7 nitrogen and oxygen atoms in total. The standard InChI is InChI=1S/C19H21N5O2/c1-2-3-10-21-18(25)16-15-8-4-5-11-24(15)17(23-16)19(26)22-13-14-7-6-9-20-12-14/h4-9,11-12H,2-3,10,13H2,1H3,(H,21,25)(H,22,26). The number of unbranched alkanes of at least 4 members (excludes halogenated alkanes) is 1. The number of carbonyl (C=O) groups excluding carboxylic acids is 2. The van der Waals surface area contributed by atoms with Gasteiger partial charge in [-0.05, 0) is 30.2 Å². The van der Waals surface area contributed by atoms with E-state index in [1.165, 1.54) is 0 Å². The highest BCUT2D eigenvalue weighted by Crippen LogP contribution is 2.13. The summed E-state index contributed by atoms with van der Waals surface area (Å²) >= 11 is 0. The van der Waals surface area contributed by atoms with Crippen LogP contribution in [0.15, 0.2) is 48.9 Å². The van der Waals surface area contributed by atoms with Crippen molar-refractivity contribution in [1.82, 2.24) is 25.0 Å².